The molecule has 0 saturated carbocycles. The number of ether oxygens (including phenoxy) is 2. The van der Waals surface area contributed by atoms with Gasteiger partial charge in [-0.3, -0.25) is 4.79 Å². The minimum Gasteiger partial charge on any atom is -0.493 e. The average molecular weight is 485 g/mol. The second kappa shape index (κ2) is 9.99. The first-order chi connectivity index (χ1) is 14.9. The van der Waals surface area contributed by atoms with Crippen molar-refractivity contribution in [1.82, 2.24) is 5.43 Å². The zero-order valence-electron chi connectivity index (χ0n) is 16.7. The van der Waals surface area contributed by atoms with Gasteiger partial charge in [-0.15, -0.1) is 0 Å². The number of amides is 1. The third-order valence-electron chi connectivity index (χ3n) is 4.22. The summed E-state index contributed by atoms with van der Waals surface area (Å²) in [6, 6.07) is 15.4. The van der Waals surface area contributed by atoms with Crippen LogP contribution >= 0.6 is 15.9 Å². The number of carbonyl (C=O) groups excluding carboxylic acids is 2. The Labute approximate surface area is 186 Å². The Hall–Kier alpha value is -3.52. The first kappa shape index (κ1) is 22.2. The number of halogens is 2. The van der Waals surface area contributed by atoms with E-state index in [1.165, 1.54) is 37.6 Å². The zero-order chi connectivity index (χ0) is 22.4. The molecule has 0 aliphatic heterocycles. The van der Waals surface area contributed by atoms with Crippen LogP contribution in [0.4, 0.5) is 4.39 Å². The Kier molecular flexibility index (Phi) is 7.15. The van der Waals surface area contributed by atoms with Crippen molar-refractivity contribution >= 4 is 34.0 Å². The van der Waals surface area contributed by atoms with Crippen molar-refractivity contribution in [3.63, 3.8) is 0 Å². The summed E-state index contributed by atoms with van der Waals surface area (Å²) in [5.74, 6) is -0.903. The largest absolute Gasteiger partial charge is 0.493 e. The van der Waals surface area contributed by atoms with E-state index in [0.717, 1.165) is 5.56 Å². The van der Waals surface area contributed by atoms with E-state index in [-0.39, 0.29) is 11.3 Å². The molecule has 0 bridgehead atoms. The molecule has 0 heterocycles. The summed E-state index contributed by atoms with van der Waals surface area (Å²) in [6.45, 7) is 1.93. The fourth-order valence-electron chi connectivity index (χ4n) is 2.59. The molecule has 3 aromatic carbocycles. The Balaban J connectivity index is 1.73. The molecule has 0 fully saturated rings. The molecule has 1 amide bonds. The number of esters is 1. The molecular weight excluding hydrogens is 467 g/mol. The van der Waals surface area contributed by atoms with Crippen molar-refractivity contribution in [2.75, 3.05) is 7.11 Å². The molecule has 0 atom stereocenters. The molecule has 1 N–H and O–H groups in total. The van der Waals surface area contributed by atoms with Gasteiger partial charge in [-0.2, -0.15) is 5.10 Å². The summed E-state index contributed by atoms with van der Waals surface area (Å²) in [4.78, 5) is 24.5. The van der Waals surface area contributed by atoms with Crippen LogP contribution in [0.15, 0.2) is 70.2 Å². The van der Waals surface area contributed by atoms with E-state index >= 15 is 0 Å². The highest BCUT2D eigenvalue weighted by Gasteiger charge is 2.16. The first-order valence-corrected chi connectivity index (χ1v) is 9.92. The molecule has 31 heavy (non-hydrogen) atoms. The van der Waals surface area contributed by atoms with Crippen LogP contribution in [0.25, 0.3) is 0 Å². The van der Waals surface area contributed by atoms with Gasteiger partial charge in [-0.25, -0.2) is 14.6 Å². The smallest absolute Gasteiger partial charge is 0.343 e. The van der Waals surface area contributed by atoms with E-state index in [9.17, 15) is 14.0 Å². The number of hydrogen-bond acceptors (Lipinski definition) is 5. The summed E-state index contributed by atoms with van der Waals surface area (Å²) in [6.07, 6.45) is 1.40. The molecule has 0 aromatic heterocycles. The maximum absolute atomic E-state index is 12.9. The molecule has 0 radical (unpaired) electrons. The number of aryl methyl sites for hydroxylation is 1. The highest BCUT2D eigenvalue weighted by atomic mass is 79.9. The lowest BCUT2D eigenvalue weighted by Crippen LogP contribution is -2.17. The van der Waals surface area contributed by atoms with Crippen molar-refractivity contribution in [3.05, 3.63) is 93.2 Å². The van der Waals surface area contributed by atoms with Crippen LogP contribution in [0.5, 0.6) is 11.5 Å². The van der Waals surface area contributed by atoms with Crippen LogP contribution in [-0.2, 0) is 0 Å². The predicted octanol–water partition coefficient (Wildman–Crippen LogP) is 4.89. The molecule has 0 aliphatic carbocycles. The second-order valence-electron chi connectivity index (χ2n) is 6.50. The number of hydrazone groups is 1. The van der Waals surface area contributed by atoms with Crippen molar-refractivity contribution in [2.24, 2.45) is 5.10 Å². The summed E-state index contributed by atoms with van der Waals surface area (Å²) < 4.78 is 24.3. The number of carbonyl (C=O) groups is 2. The quantitative estimate of drug-likeness (QED) is 0.234. The van der Waals surface area contributed by atoms with Gasteiger partial charge in [0.05, 0.1) is 23.4 Å². The molecule has 6 nitrogen and oxygen atoms in total. The van der Waals surface area contributed by atoms with Gasteiger partial charge in [0, 0.05) is 5.56 Å². The van der Waals surface area contributed by atoms with E-state index < -0.39 is 17.7 Å². The van der Waals surface area contributed by atoms with Gasteiger partial charge in [0.15, 0.2) is 11.5 Å². The Morgan fingerprint density at radius 3 is 2.32 bits per heavy atom. The van der Waals surface area contributed by atoms with E-state index in [0.29, 0.717) is 21.3 Å². The number of hydrogen-bond donors (Lipinski definition) is 1. The number of benzene rings is 3. The van der Waals surface area contributed by atoms with Crippen molar-refractivity contribution in [2.45, 2.75) is 6.92 Å². The summed E-state index contributed by atoms with van der Waals surface area (Å²) >= 11 is 3.37. The first-order valence-electron chi connectivity index (χ1n) is 9.12. The van der Waals surface area contributed by atoms with Gasteiger partial charge >= 0.3 is 5.97 Å². The van der Waals surface area contributed by atoms with Gasteiger partial charge in [0.2, 0.25) is 0 Å². The molecule has 158 valence electrons. The van der Waals surface area contributed by atoms with Crippen LogP contribution < -0.4 is 14.9 Å². The third kappa shape index (κ3) is 5.76. The minimum absolute atomic E-state index is 0.223. The zero-order valence-corrected chi connectivity index (χ0v) is 18.3. The standard InChI is InChI=1S/C23H18BrFN2O4/c1-14-3-5-17(6-4-14)23(29)31-21-19(24)11-15(12-20(21)30-2)13-26-27-22(28)16-7-9-18(25)10-8-16/h3-13H,1-2H3,(H,27,28)/b26-13+. The molecule has 3 rings (SSSR count). The molecule has 3 aromatic rings. The average Bonchev–Trinajstić information content (AvgIpc) is 2.76. The fraction of sp³-hybridized carbons (Fsp3) is 0.0870. The lowest BCUT2D eigenvalue weighted by Gasteiger charge is -2.12. The molecule has 0 unspecified atom stereocenters. The van der Waals surface area contributed by atoms with Gasteiger partial charge in [-0.05, 0) is 76.9 Å². The fourth-order valence-corrected chi connectivity index (χ4v) is 3.13. The van der Waals surface area contributed by atoms with Crippen LogP contribution in [-0.4, -0.2) is 25.2 Å². The predicted molar refractivity (Wildman–Crippen MR) is 118 cm³/mol. The number of rotatable bonds is 6. The van der Waals surface area contributed by atoms with E-state index in [4.69, 9.17) is 9.47 Å². The molecular formula is C23H18BrFN2O4. The van der Waals surface area contributed by atoms with E-state index in [2.05, 4.69) is 26.5 Å². The molecule has 0 spiro atoms. The summed E-state index contributed by atoms with van der Waals surface area (Å²) in [5, 5.41) is 3.90. The van der Waals surface area contributed by atoms with Crippen LogP contribution in [0.1, 0.15) is 31.8 Å². The van der Waals surface area contributed by atoms with Gasteiger partial charge in [0.25, 0.3) is 5.91 Å². The lowest BCUT2D eigenvalue weighted by atomic mass is 10.1. The van der Waals surface area contributed by atoms with Crippen molar-refractivity contribution in [1.29, 1.82) is 0 Å². The number of nitrogens with zero attached hydrogens (tertiary/aromatic N) is 1. The maximum atomic E-state index is 12.9. The van der Waals surface area contributed by atoms with Crippen LogP contribution in [0.3, 0.4) is 0 Å². The topological polar surface area (TPSA) is 77.0 Å². The van der Waals surface area contributed by atoms with E-state index in [1.54, 1.807) is 24.3 Å². The number of methoxy groups -OCH3 is 1. The SMILES string of the molecule is COc1cc(/C=N/NC(=O)c2ccc(F)cc2)cc(Br)c1OC(=O)c1ccc(C)cc1. The molecule has 0 aliphatic rings. The normalized spacial score (nSPS) is 10.7. The highest BCUT2D eigenvalue weighted by Crippen LogP contribution is 2.36. The molecule has 8 heteroatoms. The monoisotopic (exact) mass is 484 g/mol. The van der Waals surface area contributed by atoms with Crippen LogP contribution in [0.2, 0.25) is 0 Å². The van der Waals surface area contributed by atoms with Crippen molar-refractivity contribution < 1.29 is 23.5 Å². The Morgan fingerprint density at radius 1 is 1.03 bits per heavy atom. The summed E-state index contributed by atoms with van der Waals surface area (Å²) in [7, 11) is 1.45. The van der Waals surface area contributed by atoms with Crippen molar-refractivity contribution in [3.8, 4) is 11.5 Å². The third-order valence-corrected chi connectivity index (χ3v) is 4.81. The molecule has 0 saturated heterocycles. The van der Waals surface area contributed by atoms with Gasteiger partial charge < -0.3 is 9.47 Å². The lowest BCUT2D eigenvalue weighted by molar-refractivity contribution is 0.0728. The van der Waals surface area contributed by atoms with E-state index in [1.807, 2.05) is 19.1 Å². The highest BCUT2D eigenvalue weighted by molar-refractivity contribution is 9.10. The second-order valence-corrected chi connectivity index (χ2v) is 7.35. The Morgan fingerprint density at radius 2 is 1.68 bits per heavy atom. The van der Waals surface area contributed by atoms with Gasteiger partial charge in [-0.1, -0.05) is 17.7 Å². The van der Waals surface area contributed by atoms with Gasteiger partial charge in [0.1, 0.15) is 5.82 Å². The summed E-state index contributed by atoms with van der Waals surface area (Å²) in [5.41, 5.74) is 4.66. The van der Waals surface area contributed by atoms with Crippen LogP contribution in [0, 0.1) is 12.7 Å². The minimum atomic E-state index is -0.521. The Bertz CT molecular complexity index is 1130. The number of nitrogens with one attached hydrogen (secondary N) is 1. The maximum Gasteiger partial charge on any atom is 0.343 e.